The summed E-state index contributed by atoms with van der Waals surface area (Å²) in [6.07, 6.45) is 3.09. The quantitative estimate of drug-likeness (QED) is 0.719. The standard InChI is InChI=1S/C14H9BrFN3/c15-11-3-6-13(14(16)7-11)10-1-4-12(5-2-10)19-9-17-8-18-19/h1-9H. The second-order valence-electron chi connectivity index (χ2n) is 4.01. The van der Waals surface area contributed by atoms with E-state index in [1.54, 1.807) is 17.1 Å². The molecule has 3 aromatic rings. The lowest BCUT2D eigenvalue weighted by molar-refractivity contribution is 0.630. The first-order chi connectivity index (χ1) is 9.24. The van der Waals surface area contributed by atoms with E-state index in [2.05, 4.69) is 26.0 Å². The number of benzene rings is 2. The lowest BCUT2D eigenvalue weighted by Crippen LogP contribution is -1.94. The van der Waals surface area contributed by atoms with Crippen LogP contribution in [-0.2, 0) is 0 Å². The highest BCUT2D eigenvalue weighted by molar-refractivity contribution is 9.10. The normalized spacial score (nSPS) is 10.6. The molecule has 0 atom stereocenters. The van der Waals surface area contributed by atoms with Gasteiger partial charge in [-0.25, -0.2) is 14.1 Å². The molecule has 0 saturated heterocycles. The van der Waals surface area contributed by atoms with E-state index in [-0.39, 0.29) is 5.82 Å². The van der Waals surface area contributed by atoms with E-state index >= 15 is 0 Å². The first-order valence-corrected chi connectivity index (χ1v) is 6.44. The number of hydrogen-bond acceptors (Lipinski definition) is 2. The fourth-order valence-corrected chi connectivity index (χ4v) is 2.19. The van der Waals surface area contributed by atoms with Gasteiger partial charge < -0.3 is 0 Å². The summed E-state index contributed by atoms with van der Waals surface area (Å²) in [6, 6.07) is 12.5. The summed E-state index contributed by atoms with van der Waals surface area (Å²) >= 11 is 3.25. The topological polar surface area (TPSA) is 30.7 Å². The van der Waals surface area contributed by atoms with Crippen molar-refractivity contribution in [3.63, 3.8) is 0 Å². The third-order valence-corrected chi connectivity index (χ3v) is 3.29. The van der Waals surface area contributed by atoms with Crippen molar-refractivity contribution in [2.24, 2.45) is 0 Å². The van der Waals surface area contributed by atoms with E-state index in [1.165, 1.54) is 12.4 Å². The van der Waals surface area contributed by atoms with Crippen LogP contribution in [0.15, 0.2) is 59.6 Å². The van der Waals surface area contributed by atoms with Crippen molar-refractivity contribution in [1.29, 1.82) is 0 Å². The van der Waals surface area contributed by atoms with Crippen molar-refractivity contribution in [3.8, 4) is 16.8 Å². The van der Waals surface area contributed by atoms with Gasteiger partial charge in [-0.1, -0.05) is 34.1 Å². The number of aromatic nitrogens is 3. The monoisotopic (exact) mass is 317 g/mol. The molecule has 0 aliphatic carbocycles. The van der Waals surface area contributed by atoms with E-state index in [9.17, 15) is 4.39 Å². The number of halogens is 2. The van der Waals surface area contributed by atoms with Crippen molar-refractivity contribution < 1.29 is 4.39 Å². The highest BCUT2D eigenvalue weighted by atomic mass is 79.9. The Morgan fingerprint density at radius 2 is 1.84 bits per heavy atom. The molecule has 0 saturated carbocycles. The summed E-state index contributed by atoms with van der Waals surface area (Å²) in [4.78, 5) is 3.89. The zero-order valence-electron chi connectivity index (χ0n) is 9.79. The maximum Gasteiger partial charge on any atom is 0.138 e. The molecular formula is C14H9BrFN3. The summed E-state index contributed by atoms with van der Waals surface area (Å²) in [5.74, 6) is -0.247. The number of rotatable bonds is 2. The summed E-state index contributed by atoms with van der Waals surface area (Å²) in [7, 11) is 0. The Hall–Kier alpha value is -2.01. The second kappa shape index (κ2) is 4.93. The molecule has 0 spiro atoms. The molecule has 0 aliphatic heterocycles. The van der Waals surface area contributed by atoms with Gasteiger partial charge in [0, 0.05) is 10.0 Å². The van der Waals surface area contributed by atoms with Crippen LogP contribution in [-0.4, -0.2) is 14.8 Å². The Morgan fingerprint density at radius 3 is 2.47 bits per heavy atom. The van der Waals surface area contributed by atoms with Gasteiger partial charge in [0.15, 0.2) is 0 Å². The molecule has 0 unspecified atom stereocenters. The third kappa shape index (κ3) is 2.42. The van der Waals surface area contributed by atoms with Crippen LogP contribution in [0.1, 0.15) is 0 Å². The summed E-state index contributed by atoms with van der Waals surface area (Å²) in [5.41, 5.74) is 2.29. The molecule has 0 amide bonds. The lowest BCUT2D eigenvalue weighted by Gasteiger charge is -2.06. The summed E-state index contributed by atoms with van der Waals surface area (Å²) in [5, 5.41) is 4.04. The molecule has 0 N–H and O–H groups in total. The Bertz CT molecular complexity index is 693. The average Bonchev–Trinajstić information content (AvgIpc) is 2.93. The maximum absolute atomic E-state index is 13.9. The van der Waals surface area contributed by atoms with E-state index in [4.69, 9.17) is 0 Å². The van der Waals surface area contributed by atoms with Crippen LogP contribution in [0, 0.1) is 5.82 Å². The fourth-order valence-electron chi connectivity index (χ4n) is 1.86. The second-order valence-corrected chi connectivity index (χ2v) is 4.93. The largest absolute Gasteiger partial charge is 0.223 e. The van der Waals surface area contributed by atoms with E-state index in [0.29, 0.717) is 5.56 Å². The minimum absolute atomic E-state index is 0.247. The van der Waals surface area contributed by atoms with Crippen molar-refractivity contribution in [2.45, 2.75) is 0 Å². The molecule has 94 valence electrons. The van der Waals surface area contributed by atoms with Crippen LogP contribution >= 0.6 is 15.9 Å². The van der Waals surface area contributed by atoms with Crippen LogP contribution in [0.25, 0.3) is 16.8 Å². The molecular weight excluding hydrogens is 309 g/mol. The first-order valence-electron chi connectivity index (χ1n) is 5.64. The van der Waals surface area contributed by atoms with Gasteiger partial charge in [-0.3, -0.25) is 0 Å². The van der Waals surface area contributed by atoms with Crippen LogP contribution in [0.4, 0.5) is 4.39 Å². The average molecular weight is 318 g/mol. The first kappa shape index (κ1) is 12.0. The Labute approximate surface area is 117 Å². The molecule has 5 heteroatoms. The molecule has 2 aromatic carbocycles. The van der Waals surface area contributed by atoms with E-state index in [1.807, 2.05) is 30.3 Å². The van der Waals surface area contributed by atoms with Crippen molar-refractivity contribution in [3.05, 3.63) is 65.4 Å². The number of hydrogen-bond donors (Lipinski definition) is 0. The summed E-state index contributed by atoms with van der Waals surface area (Å²) < 4.78 is 16.2. The highest BCUT2D eigenvalue weighted by Gasteiger charge is 2.06. The van der Waals surface area contributed by atoms with Gasteiger partial charge in [0.1, 0.15) is 18.5 Å². The Kier molecular flexibility index (Phi) is 3.13. The van der Waals surface area contributed by atoms with Gasteiger partial charge in [-0.05, 0) is 29.8 Å². The smallest absolute Gasteiger partial charge is 0.138 e. The number of nitrogens with zero attached hydrogens (tertiary/aromatic N) is 3. The van der Waals surface area contributed by atoms with Gasteiger partial charge in [0.25, 0.3) is 0 Å². The zero-order valence-corrected chi connectivity index (χ0v) is 11.4. The SMILES string of the molecule is Fc1cc(Br)ccc1-c1ccc(-n2cncn2)cc1. The van der Waals surface area contributed by atoms with E-state index in [0.717, 1.165) is 15.7 Å². The fraction of sp³-hybridized carbons (Fsp3) is 0. The molecule has 1 heterocycles. The summed E-state index contributed by atoms with van der Waals surface area (Å²) in [6.45, 7) is 0. The zero-order chi connectivity index (χ0) is 13.2. The lowest BCUT2D eigenvalue weighted by atomic mass is 10.1. The minimum atomic E-state index is -0.247. The van der Waals surface area contributed by atoms with Gasteiger partial charge in [0.2, 0.25) is 0 Å². The highest BCUT2D eigenvalue weighted by Crippen LogP contribution is 2.26. The van der Waals surface area contributed by atoms with Crippen molar-refractivity contribution >= 4 is 15.9 Å². The van der Waals surface area contributed by atoms with Gasteiger partial charge in [-0.15, -0.1) is 0 Å². The predicted molar refractivity (Wildman–Crippen MR) is 74.5 cm³/mol. The molecule has 0 fully saturated rings. The Balaban J connectivity index is 1.98. The molecule has 1 aromatic heterocycles. The van der Waals surface area contributed by atoms with Crippen LogP contribution in [0.2, 0.25) is 0 Å². The van der Waals surface area contributed by atoms with Crippen LogP contribution < -0.4 is 0 Å². The maximum atomic E-state index is 13.9. The van der Waals surface area contributed by atoms with Crippen LogP contribution in [0.3, 0.4) is 0 Å². The molecule has 0 radical (unpaired) electrons. The molecule has 0 aliphatic rings. The Morgan fingerprint density at radius 1 is 1.05 bits per heavy atom. The van der Waals surface area contributed by atoms with Gasteiger partial charge in [0.05, 0.1) is 5.69 Å². The van der Waals surface area contributed by atoms with E-state index < -0.39 is 0 Å². The molecule has 3 nitrogen and oxygen atoms in total. The molecule has 0 bridgehead atoms. The van der Waals surface area contributed by atoms with Crippen LogP contribution in [0.5, 0.6) is 0 Å². The van der Waals surface area contributed by atoms with Crippen molar-refractivity contribution in [1.82, 2.24) is 14.8 Å². The van der Waals surface area contributed by atoms with Gasteiger partial charge in [-0.2, -0.15) is 5.10 Å². The third-order valence-electron chi connectivity index (χ3n) is 2.79. The predicted octanol–water partition coefficient (Wildman–Crippen LogP) is 3.84. The van der Waals surface area contributed by atoms with Gasteiger partial charge >= 0.3 is 0 Å². The molecule has 3 rings (SSSR count). The minimum Gasteiger partial charge on any atom is -0.223 e. The van der Waals surface area contributed by atoms with Crippen molar-refractivity contribution in [2.75, 3.05) is 0 Å². The molecule has 19 heavy (non-hydrogen) atoms.